The summed E-state index contributed by atoms with van der Waals surface area (Å²) in [6.07, 6.45) is -2.11. The van der Waals surface area contributed by atoms with Crippen LogP contribution in [0, 0.1) is 11.7 Å². The molecule has 1 unspecified atom stereocenters. The first-order chi connectivity index (χ1) is 17.9. The Morgan fingerprint density at radius 1 is 1.18 bits per heavy atom. The number of aromatic amines is 1. The fourth-order valence-electron chi connectivity index (χ4n) is 5.64. The number of pyridine rings is 1. The Morgan fingerprint density at radius 2 is 1.89 bits per heavy atom. The summed E-state index contributed by atoms with van der Waals surface area (Å²) < 4.78 is 58.5. The van der Waals surface area contributed by atoms with Crippen LogP contribution in [0.1, 0.15) is 61.9 Å². The number of carbonyl (C=O) groups excluding carboxylic acids is 2. The molecule has 2 aromatic rings. The van der Waals surface area contributed by atoms with Gasteiger partial charge in [-0.2, -0.15) is 18.3 Å². The number of likely N-dealkylation sites (tertiary alicyclic amines) is 1. The summed E-state index contributed by atoms with van der Waals surface area (Å²) >= 11 is 0. The molecule has 38 heavy (non-hydrogen) atoms. The molecule has 206 valence electrons. The van der Waals surface area contributed by atoms with Crippen LogP contribution in [0.3, 0.4) is 0 Å². The molecule has 0 bridgehead atoms. The SMILES string of the molecule is COc1cc(-c2cc(C(=O)N3CCC(C(=O)NC4CCC(O)(C(F)(F)F)CC4)CC34CC4)[nH]n2)c(F)cn1. The summed E-state index contributed by atoms with van der Waals surface area (Å²) in [5, 5.41) is 19.5. The number of hydrogen-bond donors (Lipinski definition) is 3. The highest BCUT2D eigenvalue weighted by Gasteiger charge is 2.56. The number of aliphatic hydroxyl groups is 1. The molecule has 13 heteroatoms. The van der Waals surface area contributed by atoms with Gasteiger partial charge in [-0.05, 0) is 57.4 Å². The summed E-state index contributed by atoms with van der Waals surface area (Å²) in [5.41, 5.74) is -2.59. The second-order valence-corrected chi connectivity index (χ2v) is 10.6. The number of amides is 2. The van der Waals surface area contributed by atoms with Gasteiger partial charge in [-0.1, -0.05) is 0 Å². The minimum Gasteiger partial charge on any atom is -0.481 e. The van der Waals surface area contributed by atoms with E-state index >= 15 is 0 Å². The van der Waals surface area contributed by atoms with Crippen LogP contribution in [-0.2, 0) is 4.79 Å². The van der Waals surface area contributed by atoms with E-state index in [-0.39, 0.29) is 53.4 Å². The van der Waals surface area contributed by atoms with E-state index in [2.05, 4.69) is 20.5 Å². The van der Waals surface area contributed by atoms with Gasteiger partial charge in [0.05, 0.1) is 19.0 Å². The van der Waals surface area contributed by atoms with Crippen LogP contribution in [0.25, 0.3) is 11.3 Å². The van der Waals surface area contributed by atoms with E-state index in [1.54, 1.807) is 4.90 Å². The van der Waals surface area contributed by atoms with Gasteiger partial charge in [0.15, 0.2) is 11.4 Å². The molecule has 2 amide bonds. The lowest BCUT2D eigenvalue weighted by Gasteiger charge is -2.41. The van der Waals surface area contributed by atoms with Gasteiger partial charge in [-0.3, -0.25) is 14.7 Å². The molecule has 0 aromatic carbocycles. The predicted molar refractivity (Wildman–Crippen MR) is 125 cm³/mol. The number of carbonyl (C=O) groups is 2. The number of halogens is 4. The van der Waals surface area contributed by atoms with E-state index in [1.807, 2.05) is 0 Å². The number of aromatic nitrogens is 3. The molecule has 2 aliphatic carbocycles. The van der Waals surface area contributed by atoms with E-state index in [4.69, 9.17) is 4.74 Å². The lowest BCUT2D eigenvalue weighted by Crippen LogP contribution is -2.54. The third-order valence-electron chi connectivity index (χ3n) is 8.15. The van der Waals surface area contributed by atoms with Crippen molar-refractivity contribution >= 4 is 11.8 Å². The maximum Gasteiger partial charge on any atom is 0.417 e. The smallest absolute Gasteiger partial charge is 0.417 e. The Balaban J connectivity index is 1.20. The van der Waals surface area contributed by atoms with Crippen molar-refractivity contribution in [3.05, 3.63) is 29.8 Å². The summed E-state index contributed by atoms with van der Waals surface area (Å²) in [6.45, 7) is 0.335. The number of piperidine rings is 1. The minimum absolute atomic E-state index is 0.0519. The average molecular weight is 540 g/mol. The van der Waals surface area contributed by atoms with Gasteiger partial charge in [0.2, 0.25) is 11.8 Å². The lowest BCUT2D eigenvalue weighted by atomic mass is 9.81. The van der Waals surface area contributed by atoms with E-state index < -0.39 is 42.0 Å². The van der Waals surface area contributed by atoms with Crippen molar-refractivity contribution in [1.29, 1.82) is 0 Å². The van der Waals surface area contributed by atoms with Crippen molar-refractivity contribution < 1.29 is 37.0 Å². The number of alkyl halides is 3. The van der Waals surface area contributed by atoms with Gasteiger partial charge in [-0.25, -0.2) is 9.37 Å². The molecule has 5 rings (SSSR count). The fourth-order valence-corrected chi connectivity index (χ4v) is 5.64. The van der Waals surface area contributed by atoms with Gasteiger partial charge < -0.3 is 20.1 Å². The molecule has 3 aliphatic rings. The molecule has 9 nitrogen and oxygen atoms in total. The Morgan fingerprint density at radius 3 is 2.53 bits per heavy atom. The number of methoxy groups -OCH3 is 1. The summed E-state index contributed by atoms with van der Waals surface area (Å²) in [5.74, 6) is -1.28. The molecular weight excluding hydrogens is 510 g/mol. The van der Waals surface area contributed by atoms with Crippen LogP contribution in [0.4, 0.5) is 17.6 Å². The zero-order chi connectivity index (χ0) is 27.3. The van der Waals surface area contributed by atoms with E-state index in [1.165, 1.54) is 19.2 Å². The van der Waals surface area contributed by atoms with Crippen LogP contribution >= 0.6 is 0 Å². The van der Waals surface area contributed by atoms with Crippen LogP contribution in [-0.4, -0.2) is 74.0 Å². The van der Waals surface area contributed by atoms with Gasteiger partial charge in [0, 0.05) is 35.7 Å². The third kappa shape index (κ3) is 4.83. The summed E-state index contributed by atoms with van der Waals surface area (Å²) in [4.78, 5) is 31.9. The van der Waals surface area contributed by atoms with Crippen LogP contribution in [0.15, 0.2) is 18.3 Å². The molecule has 2 aromatic heterocycles. The minimum atomic E-state index is -4.69. The van der Waals surface area contributed by atoms with Crippen molar-refractivity contribution in [1.82, 2.24) is 25.4 Å². The zero-order valence-electron chi connectivity index (χ0n) is 20.8. The second kappa shape index (κ2) is 9.51. The van der Waals surface area contributed by atoms with Gasteiger partial charge >= 0.3 is 6.18 Å². The molecule has 1 aliphatic heterocycles. The van der Waals surface area contributed by atoms with Crippen molar-refractivity contribution in [2.75, 3.05) is 13.7 Å². The molecule has 3 N–H and O–H groups in total. The van der Waals surface area contributed by atoms with Crippen molar-refractivity contribution in [2.24, 2.45) is 5.92 Å². The van der Waals surface area contributed by atoms with E-state index in [9.17, 15) is 32.3 Å². The zero-order valence-corrected chi connectivity index (χ0v) is 20.8. The number of H-pyrrole nitrogens is 1. The first-order valence-corrected chi connectivity index (χ1v) is 12.6. The Hall–Kier alpha value is -3.22. The first-order valence-electron chi connectivity index (χ1n) is 12.6. The van der Waals surface area contributed by atoms with Crippen LogP contribution < -0.4 is 10.1 Å². The molecule has 2 saturated carbocycles. The maximum absolute atomic E-state index is 14.3. The molecular formula is C25H29F4N5O4. The quantitative estimate of drug-likeness (QED) is 0.502. The predicted octanol–water partition coefficient (Wildman–Crippen LogP) is 3.36. The Bertz CT molecular complexity index is 1220. The van der Waals surface area contributed by atoms with Gasteiger partial charge in [0.1, 0.15) is 5.69 Å². The highest BCUT2D eigenvalue weighted by atomic mass is 19.4. The van der Waals surface area contributed by atoms with E-state index in [0.29, 0.717) is 19.4 Å². The number of nitrogens with one attached hydrogen (secondary N) is 2. The average Bonchev–Trinajstić information content (AvgIpc) is 3.46. The molecule has 1 saturated heterocycles. The normalized spacial score (nSPS) is 26.7. The van der Waals surface area contributed by atoms with Crippen molar-refractivity contribution in [2.45, 2.75) is 74.7 Å². The Kier molecular flexibility index (Phi) is 6.60. The second-order valence-electron chi connectivity index (χ2n) is 10.6. The first kappa shape index (κ1) is 26.4. The number of ether oxygens (including phenoxy) is 1. The van der Waals surface area contributed by atoms with Gasteiger partial charge in [0.25, 0.3) is 5.91 Å². The van der Waals surface area contributed by atoms with Gasteiger partial charge in [-0.15, -0.1) is 0 Å². The standard InChI is InChI=1S/C25H29F4N5O4/c1-38-20-10-16(17(26)13-30-20)18-11-19(33-32-18)22(36)34-9-4-14(12-23(34)7-8-23)21(35)31-15-2-5-24(37,6-3-15)25(27,28)29/h10-11,13-15,37H,2-9,12H2,1H3,(H,31,35)(H,32,33). The highest BCUT2D eigenvalue weighted by molar-refractivity contribution is 5.94. The molecule has 1 atom stereocenters. The topological polar surface area (TPSA) is 120 Å². The van der Waals surface area contributed by atoms with Crippen LogP contribution in [0.2, 0.25) is 0 Å². The monoisotopic (exact) mass is 539 g/mol. The number of nitrogens with zero attached hydrogens (tertiary/aromatic N) is 3. The Labute approximate surface area is 215 Å². The maximum atomic E-state index is 14.3. The molecule has 0 radical (unpaired) electrons. The third-order valence-corrected chi connectivity index (χ3v) is 8.15. The highest BCUT2D eigenvalue weighted by Crippen LogP contribution is 2.50. The lowest BCUT2D eigenvalue weighted by molar-refractivity contribution is -0.270. The molecule has 3 fully saturated rings. The largest absolute Gasteiger partial charge is 0.481 e. The number of hydrogen-bond acceptors (Lipinski definition) is 6. The summed E-state index contributed by atoms with van der Waals surface area (Å²) in [6, 6.07) is 2.44. The van der Waals surface area contributed by atoms with E-state index in [0.717, 1.165) is 19.0 Å². The van der Waals surface area contributed by atoms with Crippen LogP contribution in [0.5, 0.6) is 5.88 Å². The number of rotatable bonds is 5. The summed E-state index contributed by atoms with van der Waals surface area (Å²) in [7, 11) is 1.41. The molecule has 1 spiro atoms. The van der Waals surface area contributed by atoms with Crippen molar-refractivity contribution in [3.8, 4) is 17.1 Å². The molecule has 3 heterocycles. The van der Waals surface area contributed by atoms with Crippen molar-refractivity contribution in [3.63, 3.8) is 0 Å². The fraction of sp³-hybridized carbons (Fsp3) is 0.600.